The normalized spacial score (nSPS) is 13.4. The number of benzene rings is 1. The first-order chi connectivity index (χ1) is 8.99. The number of carboxylic acid groups (broad SMARTS) is 1. The lowest BCUT2D eigenvalue weighted by atomic mass is 9.96. The first-order valence-corrected chi connectivity index (χ1v) is 5.71. The number of aliphatic hydroxyl groups excluding tert-OH is 1. The van der Waals surface area contributed by atoms with E-state index >= 15 is 0 Å². The number of amides is 1. The van der Waals surface area contributed by atoms with E-state index in [9.17, 15) is 19.5 Å². The van der Waals surface area contributed by atoms with E-state index in [1.54, 1.807) is 6.92 Å². The molecule has 0 bridgehead atoms. The molecule has 1 unspecified atom stereocenters. The van der Waals surface area contributed by atoms with Crippen LogP contribution in [-0.2, 0) is 4.79 Å². The van der Waals surface area contributed by atoms with E-state index < -0.39 is 24.0 Å². The molecular formula is C13H15NO5. The monoisotopic (exact) mass is 265 g/mol. The highest BCUT2D eigenvalue weighted by molar-refractivity contribution is 5.98. The highest BCUT2D eigenvalue weighted by Crippen LogP contribution is 2.12. The summed E-state index contributed by atoms with van der Waals surface area (Å²) in [6.07, 6.45) is 0.694. The zero-order chi connectivity index (χ0) is 14.5. The molecule has 1 amide bonds. The molecule has 1 aromatic rings. The fourth-order valence-corrected chi connectivity index (χ4v) is 1.51. The Morgan fingerprint density at radius 2 is 1.89 bits per heavy atom. The molecule has 0 saturated heterocycles. The van der Waals surface area contributed by atoms with Gasteiger partial charge in [-0.2, -0.15) is 0 Å². The summed E-state index contributed by atoms with van der Waals surface area (Å²) in [6.45, 7) is 0.858. The van der Waals surface area contributed by atoms with Crippen LogP contribution in [0.1, 0.15) is 34.1 Å². The molecular weight excluding hydrogens is 250 g/mol. The molecule has 6 nitrogen and oxygen atoms in total. The quantitative estimate of drug-likeness (QED) is 0.648. The molecule has 1 atom stereocenters. The van der Waals surface area contributed by atoms with Gasteiger partial charge in [-0.3, -0.25) is 9.59 Å². The van der Waals surface area contributed by atoms with Crippen molar-refractivity contribution in [3.05, 3.63) is 35.4 Å². The van der Waals surface area contributed by atoms with Crippen molar-refractivity contribution < 1.29 is 24.6 Å². The van der Waals surface area contributed by atoms with Gasteiger partial charge in [0.1, 0.15) is 6.29 Å². The van der Waals surface area contributed by atoms with Crippen LogP contribution in [-0.4, -0.2) is 40.5 Å². The number of aliphatic carboxylic acids is 1. The number of nitrogens with one attached hydrogen (secondary N) is 1. The van der Waals surface area contributed by atoms with Crippen LogP contribution in [0.3, 0.4) is 0 Å². The largest absolute Gasteiger partial charge is 0.479 e. The molecule has 3 N–H and O–H groups in total. The Kier molecular flexibility index (Phi) is 4.77. The molecule has 6 heteroatoms. The van der Waals surface area contributed by atoms with Gasteiger partial charge >= 0.3 is 5.97 Å². The van der Waals surface area contributed by atoms with E-state index in [0.717, 1.165) is 0 Å². The molecule has 0 fully saturated rings. The Morgan fingerprint density at radius 3 is 2.26 bits per heavy atom. The Labute approximate surface area is 110 Å². The van der Waals surface area contributed by atoms with Crippen LogP contribution in [0.4, 0.5) is 0 Å². The number of carbonyl (C=O) groups is 3. The van der Waals surface area contributed by atoms with Crippen LogP contribution < -0.4 is 5.32 Å². The second kappa shape index (κ2) is 6.10. The van der Waals surface area contributed by atoms with Crippen LogP contribution in [0, 0.1) is 0 Å². The maximum Gasteiger partial charge on any atom is 0.331 e. The molecule has 19 heavy (non-hydrogen) atoms. The summed E-state index contributed by atoms with van der Waals surface area (Å²) in [4.78, 5) is 33.5. The molecule has 0 aliphatic heterocycles. The summed E-state index contributed by atoms with van der Waals surface area (Å²) < 4.78 is 0. The Morgan fingerprint density at radius 1 is 1.32 bits per heavy atom. The zero-order valence-corrected chi connectivity index (χ0v) is 10.4. The Bertz CT molecular complexity index is 476. The van der Waals surface area contributed by atoms with Gasteiger partial charge in [-0.25, -0.2) is 4.79 Å². The van der Waals surface area contributed by atoms with Crippen LogP contribution in [0.5, 0.6) is 0 Å². The van der Waals surface area contributed by atoms with Crippen LogP contribution in [0.25, 0.3) is 0 Å². The van der Waals surface area contributed by atoms with Gasteiger partial charge < -0.3 is 15.5 Å². The summed E-state index contributed by atoms with van der Waals surface area (Å²) in [5, 5.41) is 20.6. The van der Waals surface area contributed by atoms with Crippen LogP contribution in [0.2, 0.25) is 0 Å². The van der Waals surface area contributed by atoms with E-state index in [-0.39, 0.29) is 12.0 Å². The average Bonchev–Trinajstić information content (AvgIpc) is 2.44. The third kappa shape index (κ3) is 3.17. The summed E-state index contributed by atoms with van der Waals surface area (Å²) in [5.74, 6) is -1.91. The molecule has 1 rings (SSSR count). The van der Waals surface area contributed by atoms with Gasteiger partial charge in [-0.1, -0.05) is 19.1 Å². The van der Waals surface area contributed by atoms with Crippen molar-refractivity contribution in [3.63, 3.8) is 0 Å². The Hall–Kier alpha value is -2.21. The van der Waals surface area contributed by atoms with Gasteiger partial charge in [-0.05, 0) is 18.6 Å². The van der Waals surface area contributed by atoms with Gasteiger partial charge in [0.2, 0.25) is 0 Å². The Balaban J connectivity index is 2.93. The number of carboxylic acids is 1. The van der Waals surface area contributed by atoms with E-state index in [1.165, 1.54) is 24.3 Å². The van der Waals surface area contributed by atoms with Crippen molar-refractivity contribution in [2.45, 2.75) is 18.9 Å². The van der Waals surface area contributed by atoms with Crippen molar-refractivity contribution in [2.75, 3.05) is 6.61 Å². The number of aldehydes is 1. The number of hydrogen-bond acceptors (Lipinski definition) is 4. The smallest absolute Gasteiger partial charge is 0.331 e. The van der Waals surface area contributed by atoms with E-state index in [1.807, 2.05) is 0 Å². The molecule has 0 radical (unpaired) electrons. The molecule has 0 saturated carbocycles. The minimum absolute atomic E-state index is 0.0526. The SMILES string of the molecule is CCC(CO)(NC(=O)c1ccc(C=O)cc1)C(=O)O. The van der Waals surface area contributed by atoms with Gasteiger partial charge in [0.15, 0.2) is 5.54 Å². The summed E-state index contributed by atoms with van der Waals surface area (Å²) in [7, 11) is 0. The predicted molar refractivity (Wildman–Crippen MR) is 67.0 cm³/mol. The fourth-order valence-electron chi connectivity index (χ4n) is 1.51. The first kappa shape index (κ1) is 14.8. The maximum absolute atomic E-state index is 11.9. The number of aliphatic hydroxyl groups is 1. The minimum Gasteiger partial charge on any atom is -0.479 e. The molecule has 0 aromatic heterocycles. The lowest BCUT2D eigenvalue weighted by Gasteiger charge is -2.27. The van der Waals surface area contributed by atoms with E-state index in [0.29, 0.717) is 11.8 Å². The van der Waals surface area contributed by atoms with Crippen molar-refractivity contribution >= 4 is 18.2 Å². The molecule has 0 heterocycles. The number of hydrogen-bond donors (Lipinski definition) is 3. The second-order valence-electron chi connectivity index (χ2n) is 4.09. The first-order valence-electron chi connectivity index (χ1n) is 5.71. The average molecular weight is 265 g/mol. The van der Waals surface area contributed by atoms with Crippen LogP contribution >= 0.6 is 0 Å². The predicted octanol–water partition coefficient (Wildman–Crippen LogP) is 0.455. The summed E-state index contributed by atoms with van der Waals surface area (Å²) in [5.41, 5.74) is -1.06. The highest BCUT2D eigenvalue weighted by Gasteiger charge is 2.37. The van der Waals surface area contributed by atoms with Gasteiger partial charge in [-0.15, -0.1) is 0 Å². The molecule has 0 aliphatic carbocycles. The van der Waals surface area contributed by atoms with Gasteiger partial charge in [0.05, 0.1) is 6.61 Å². The lowest BCUT2D eigenvalue weighted by Crippen LogP contribution is -2.56. The van der Waals surface area contributed by atoms with Crippen molar-refractivity contribution in [2.24, 2.45) is 0 Å². The standard InChI is InChI=1S/C13H15NO5/c1-2-13(8-16,12(18)19)14-11(17)10-5-3-9(7-15)4-6-10/h3-7,16H,2,8H2,1H3,(H,14,17)(H,18,19). The van der Waals surface area contributed by atoms with Crippen LogP contribution in [0.15, 0.2) is 24.3 Å². The maximum atomic E-state index is 11.9. The summed E-state index contributed by atoms with van der Waals surface area (Å²) >= 11 is 0. The zero-order valence-electron chi connectivity index (χ0n) is 10.4. The minimum atomic E-state index is -1.69. The van der Waals surface area contributed by atoms with E-state index in [4.69, 9.17) is 5.11 Å². The molecule has 0 aliphatic rings. The summed E-state index contributed by atoms with van der Waals surface area (Å²) in [6, 6.07) is 5.74. The van der Waals surface area contributed by atoms with Crippen molar-refractivity contribution in [3.8, 4) is 0 Å². The second-order valence-corrected chi connectivity index (χ2v) is 4.09. The fraction of sp³-hybridized carbons (Fsp3) is 0.308. The molecule has 102 valence electrons. The topological polar surface area (TPSA) is 104 Å². The third-order valence-corrected chi connectivity index (χ3v) is 2.94. The molecule has 1 aromatic carbocycles. The number of carbonyl (C=O) groups excluding carboxylic acids is 2. The third-order valence-electron chi connectivity index (χ3n) is 2.94. The number of rotatable bonds is 6. The highest BCUT2D eigenvalue weighted by atomic mass is 16.4. The van der Waals surface area contributed by atoms with Gasteiger partial charge in [0.25, 0.3) is 5.91 Å². The van der Waals surface area contributed by atoms with Gasteiger partial charge in [0, 0.05) is 11.1 Å². The molecule has 0 spiro atoms. The van der Waals surface area contributed by atoms with E-state index in [2.05, 4.69) is 5.32 Å². The van der Waals surface area contributed by atoms with Crippen molar-refractivity contribution in [1.82, 2.24) is 5.32 Å². The van der Waals surface area contributed by atoms with Crippen molar-refractivity contribution in [1.29, 1.82) is 0 Å². The lowest BCUT2D eigenvalue weighted by molar-refractivity contribution is -0.146.